The van der Waals surface area contributed by atoms with Gasteiger partial charge in [-0.2, -0.15) is 0 Å². The molecule has 0 aromatic carbocycles. The van der Waals surface area contributed by atoms with Crippen LogP contribution in [0.2, 0.25) is 0 Å². The van der Waals surface area contributed by atoms with Crippen molar-refractivity contribution in [2.75, 3.05) is 33.2 Å². The maximum absolute atomic E-state index is 12.4. The standard InChI is InChI=1S/C17H27N3OS/c1-19(12-15-4-3-11-22-15)17(21)13-20-9-6-14(7-10-20)16-5-2-8-18-16/h3-4,11,14,16,18H,2,5-10,12-13H2,1H3. The lowest BCUT2D eigenvalue weighted by Crippen LogP contribution is -2.45. The Bertz CT molecular complexity index is 462. The zero-order chi connectivity index (χ0) is 15.4. The highest BCUT2D eigenvalue weighted by Gasteiger charge is 2.29. The van der Waals surface area contributed by atoms with Gasteiger partial charge in [-0.3, -0.25) is 9.69 Å². The van der Waals surface area contributed by atoms with Gasteiger partial charge in [-0.25, -0.2) is 0 Å². The Kier molecular flexibility index (Phi) is 5.50. The number of likely N-dealkylation sites (tertiary alicyclic amines) is 1. The van der Waals surface area contributed by atoms with Crippen molar-refractivity contribution in [3.63, 3.8) is 0 Å². The van der Waals surface area contributed by atoms with E-state index in [9.17, 15) is 4.79 Å². The summed E-state index contributed by atoms with van der Waals surface area (Å²) in [5.41, 5.74) is 0. The lowest BCUT2D eigenvalue weighted by molar-refractivity contribution is -0.132. The van der Waals surface area contributed by atoms with E-state index >= 15 is 0 Å². The second-order valence-corrected chi connectivity index (χ2v) is 7.68. The van der Waals surface area contributed by atoms with Crippen LogP contribution in [-0.2, 0) is 11.3 Å². The summed E-state index contributed by atoms with van der Waals surface area (Å²) < 4.78 is 0. The summed E-state index contributed by atoms with van der Waals surface area (Å²) in [6.07, 6.45) is 5.14. The van der Waals surface area contributed by atoms with Gasteiger partial charge in [-0.1, -0.05) is 6.07 Å². The second-order valence-electron chi connectivity index (χ2n) is 6.65. The maximum Gasteiger partial charge on any atom is 0.236 e. The summed E-state index contributed by atoms with van der Waals surface area (Å²) in [5.74, 6) is 1.06. The molecule has 2 saturated heterocycles. The van der Waals surface area contributed by atoms with E-state index in [-0.39, 0.29) is 5.91 Å². The number of rotatable bonds is 5. The molecule has 1 aromatic heterocycles. The molecule has 4 nitrogen and oxygen atoms in total. The van der Waals surface area contributed by atoms with Crippen molar-refractivity contribution in [3.05, 3.63) is 22.4 Å². The lowest BCUT2D eigenvalue weighted by atomic mass is 9.88. The van der Waals surface area contributed by atoms with Gasteiger partial charge in [-0.15, -0.1) is 11.3 Å². The molecule has 1 amide bonds. The van der Waals surface area contributed by atoms with Crippen LogP contribution in [0.4, 0.5) is 0 Å². The first-order chi connectivity index (χ1) is 10.7. The highest BCUT2D eigenvalue weighted by molar-refractivity contribution is 7.09. The van der Waals surface area contributed by atoms with Gasteiger partial charge in [0.05, 0.1) is 13.1 Å². The summed E-state index contributed by atoms with van der Waals surface area (Å²) in [7, 11) is 1.91. The summed E-state index contributed by atoms with van der Waals surface area (Å²) >= 11 is 1.71. The predicted molar refractivity (Wildman–Crippen MR) is 91.0 cm³/mol. The molecule has 1 aromatic rings. The first-order valence-corrected chi connectivity index (χ1v) is 9.32. The molecule has 3 rings (SSSR count). The van der Waals surface area contributed by atoms with Crippen LogP contribution in [0.1, 0.15) is 30.6 Å². The normalized spacial score (nSPS) is 23.8. The second kappa shape index (κ2) is 7.57. The fourth-order valence-electron chi connectivity index (χ4n) is 3.66. The lowest BCUT2D eigenvalue weighted by Gasteiger charge is -2.35. The van der Waals surface area contributed by atoms with Crippen LogP contribution in [0.5, 0.6) is 0 Å². The number of thiophene rings is 1. The number of hydrogen-bond acceptors (Lipinski definition) is 4. The molecule has 0 spiro atoms. The van der Waals surface area contributed by atoms with Crippen LogP contribution >= 0.6 is 11.3 Å². The van der Waals surface area contributed by atoms with Crippen molar-refractivity contribution in [3.8, 4) is 0 Å². The molecule has 5 heteroatoms. The Morgan fingerprint density at radius 3 is 2.86 bits per heavy atom. The molecule has 0 saturated carbocycles. The van der Waals surface area contributed by atoms with Crippen molar-refractivity contribution < 1.29 is 4.79 Å². The zero-order valence-corrected chi connectivity index (χ0v) is 14.3. The van der Waals surface area contributed by atoms with Crippen molar-refractivity contribution in [2.45, 2.75) is 38.3 Å². The van der Waals surface area contributed by atoms with Crippen molar-refractivity contribution in [1.82, 2.24) is 15.1 Å². The van der Waals surface area contributed by atoms with E-state index in [2.05, 4.69) is 21.7 Å². The number of piperidine rings is 1. The van der Waals surface area contributed by atoms with Gasteiger partial charge < -0.3 is 10.2 Å². The minimum Gasteiger partial charge on any atom is -0.340 e. The average molecular weight is 321 g/mol. The van der Waals surface area contributed by atoms with Gasteiger partial charge in [0.2, 0.25) is 5.91 Å². The summed E-state index contributed by atoms with van der Waals surface area (Å²) in [6, 6.07) is 4.87. The molecule has 2 aliphatic rings. The molecule has 1 N–H and O–H groups in total. The number of nitrogens with one attached hydrogen (secondary N) is 1. The highest BCUT2D eigenvalue weighted by Crippen LogP contribution is 2.25. The van der Waals surface area contributed by atoms with Crippen LogP contribution in [0.25, 0.3) is 0 Å². The van der Waals surface area contributed by atoms with E-state index in [1.54, 1.807) is 11.3 Å². The molecule has 0 aliphatic carbocycles. The van der Waals surface area contributed by atoms with E-state index in [4.69, 9.17) is 0 Å². The first-order valence-electron chi connectivity index (χ1n) is 8.44. The SMILES string of the molecule is CN(Cc1cccs1)C(=O)CN1CCC(C2CCCN2)CC1. The first kappa shape index (κ1) is 16.0. The van der Waals surface area contributed by atoms with Gasteiger partial charge in [0.1, 0.15) is 0 Å². The minimum atomic E-state index is 0.242. The van der Waals surface area contributed by atoms with Crippen LogP contribution in [-0.4, -0.2) is 55.0 Å². The summed E-state index contributed by atoms with van der Waals surface area (Å²) in [4.78, 5) is 17.8. The third-order valence-electron chi connectivity index (χ3n) is 5.06. The summed E-state index contributed by atoms with van der Waals surface area (Å²) in [6.45, 7) is 4.64. The van der Waals surface area contributed by atoms with Crippen LogP contribution in [0, 0.1) is 5.92 Å². The van der Waals surface area contributed by atoms with Crippen molar-refractivity contribution >= 4 is 17.2 Å². The molecule has 0 bridgehead atoms. The molecule has 0 radical (unpaired) electrons. The topological polar surface area (TPSA) is 35.6 Å². The fraction of sp³-hybridized carbons (Fsp3) is 0.706. The largest absolute Gasteiger partial charge is 0.340 e. The Morgan fingerprint density at radius 1 is 1.41 bits per heavy atom. The Morgan fingerprint density at radius 2 is 2.23 bits per heavy atom. The maximum atomic E-state index is 12.4. The highest BCUT2D eigenvalue weighted by atomic mass is 32.1. The zero-order valence-electron chi connectivity index (χ0n) is 13.5. The molecular weight excluding hydrogens is 294 g/mol. The third-order valence-corrected chi connectivity index (χ3v) is 5.92. The van der Waals surface area contributed by atoms with Gasteiger partial charge in [-0.05, 0) is 62.7 Å². The number of likely N-dealkylation sites (N-methyl/N-ethyl adjacent to an activating group) is 1. The number of carbonyl (C=O) groups is 1. The molecular formula is C17H27N3OS. The van der Waals surface area contributed by atoms with Gasteiger partial charge in [0.25, 0.3) is 0 Å². The van der Waals surface area contributed by atoms with Crippen molar-refractivity contribution in [1.29, 1.82) is 0 Å². The van der Waals surface area contributed by atoms with E-state index in [1.165, 1.54) is 37.1 Å². The van der Waals surface area contributed by atoms with E-state index in [0.717, 1.165) is 31.6 Å². The minimum absolute atomic E-state index is 0.242. The molecule has 2 aliphatic heterocycles. The van der Waals surface area contributed by atoms with Gasteiger partial charge >= 0.3 is 0 Å². The number of amides is 1. The van der Waals surface area contributed by atoms with Crippen LogP contribution < -0.4 is 5.32 Å². The molecule has 122 valence electrons. The Balaban J connectivity index is 1.40. The molecule has 3 heterocycles. The molecule has 1 atom stereocenters. The molecule has 22 heavy (non-hydrogen) atoms. The van der Waals surface area contributed by atoms with E-state index in [1.807, 2.05) is 18.0 Å². The molecule has 1 unspecified atom stereocenters. The van der Waals surface area contributed by atoms with Crippen LogP contribution in [0.3, 0.4) is 0 Å². The predicted octanol–water partition coefficient (Wildman–Crippen LogP) is 2.17. The van der Waals surface area contributed by atoms with Crippen molar-refractivity contribution in [2.24, 2.45) is 5.92 Å². The smallest absolute Gasteiger partial charge is 0.236 e. The monoisotopic (exact) mass is 321 g/mol. The quantitative estimate of drug-likeness (QED) is 0.903. The number of carbonyl (C=O) groups excluding carboxylic acids is 1. The third kappa shape index (κ3) is 4.09. The van der Waals surface area contributed by atoms with Crippen LogP contribution in [0.15, 0.2) is 17.5 Å². The number of hydrogen-bond donors (Lipinski definition) is 1. The Hall–Kier alpha value is -0.910. The van der Waals surface area contributed by atoms with E-state index < -0.39 is 0 Å². The van der Waals surface area contributed by atoms with E-state index in [0.29, 0.717) is 6.54 Å². The summed E-state index contributed by atoms with van der Waals surface area (Å²) in [5, 5.41) is 5.70. The van der Waals surface area contributed by atoms with Gasteiger partial charge in [0, 0.05) is 18.0 Å². The number of nitrogens with zero attached hydrogens (tertiary/aromatic N) is 2. The molecule has 2 fully saturated rings. The fourth-order valence-corrected chi connectivity index (χ4v) is 4.42. The Labute approximate surface area is 137 Å². The van der Waals surface area contributed by atoms with Gasteiger partial charge in [0.15, 0.2) is 0 Å². The average Bonchev–Trinajstić information content (AvgIpc) is 3.21.